The molecule has 0 aromatic heterocycles. The van der Waals surface area contributed by atoms with Gasteiger partial charge < -0.3 is 15.2 Å². The van der Waals surface area contributed by atoms with E-state index in [9.17, 15) is 9.59 Å². The van der Waals surface area contributed by atoms with Crippen LogP contribution in [0.15, 0.2) is 72.8 Å². The minimum atomic E-state index is -0.892. The highest BCUT2D eigenvalue weighted by Gasteiger charge is 2.23. The molecule has 3 aromatic carbocycles. The third-order valence-corrected chi connectivity index (χ3v) is 5.59. The highest BCUT2D eigenvalue weighted by Crippen LogP contribution is 2.31. The van der Waals surface area contributed by atoms with E-state index in [0.717, 1.165) is 24.8 Å². The molecule has 0 aliphatic heterocycles. The lowest BCUT2D eigenvalue weighted by molar-refractivity contribution is -0.136. The fraction of sp³-hybridized carbons (Fsp3) is 0.231. The van der Waals surface area contributed by atoms with Gasteiger partial charge in [-0.15, -0.1) is 0 Å². The van der Waals surface area contributed by atoms with Crippen LogP contribution in [-0.2, 0) is 17.6 Å². The minimum absolute atomic E-state index is 0.0363. The number of nitrogens with one attached hydrogen (secondary N) is 1. The fourth-order valence-corrected chi connectivity index (χ4v) is 4.05. The number of ether oxygens (including phenoxy) is 1. The molecule has 1 aliphatic rings. The van der Waals surface area contributed by atoms with Crippen LogP contribution in [-0.4, -0.2) is 17.0 Å². The Morgan fingerprint density at radius 3 is 2.55 bits per heavy atom. The molecule has 0 saturated carbocycles. The summed E-state index contributed by atoms with van der Waals surface area (Å²) < 4.78 is 5.90. The number of aryl methyl sites for hydroxylation is 2. The normalized spacial score (nSPS) is 15.0. The van der Waals surface area contributed by atoms with Crippen molar-refractivity contribution in [3.05, 3.63) is 95.1 Å². The standard InChI is InChI=1S/C26H25NO4/c28-25(29)16-14-19-13-15-21(31-20-9-2-1-3-10-20)17-23(19)26(30)27-24-12-6-8-18-7-4-5-11-22(18)24/h1-5,7,9-11,13,15,17,24H,6,8,12,14,16H2,(H,27,30)(H,28,29)/t24-/m1/s1. The summed E-state index contributed by atoms with van der Waals surface area (Å²) in [6.07, 6.45) is 3.17. The molecule has 2 N–H and O–H groups in total. The molecule has 4 rings (SSSR count). The Morgan fingerprint density at radius 2 is 1.74 bits per heavy atom. The number of aliphatic carboxylic acids is 1. The van der Waals surface area contributed by atoms with Crippen molar-refractivity contribution in [1.29, 1.82) is 0 Å². The maximum Gasteiger partial charge on any atom is 0.303 e. The van der Waals surface area contributed by atoms with Crippen LogP contribution in [0.3, 0.4) is 0 Å². The van der Waals surface area contributed by atoms with Crippen LogP contribution in [0.2, 0.25) is 0 Å². The van der Waals surface area contributed by atoms with Crippen LogP contribution in [0.5, 0.6) is 11.5 Å². The largest absolute Gasteiger partial charge is 0.481 e. The first kappa shape index (κ1) is 20.7. The number of carbonyl (C=O) groups is 2. The van der Waals surface area contributed by atoms with E-state index in [-0.39, 0.29) is 24.8 Å². The van der Waals surface area contributed by atoms with E-state index in [1.807, 2.05) is 42.5 Å². The lowest BCUT2D eigenvalue weighted by Crippen LogP contribution is -2.31. The van der Waals surface area contributed by atoms with Gasteiger partial charge in [0.15, 0.2) is 0 Å². The second-order valence-corrected chi connectivity index (χ2v) is 7.74. The zero-order valence-corrected chi connectivity index (χ0v) is 17.2. The summed E-state index contributed by atoms with van der Waals surface area (Å²) in [5, 5.41) is 12.3. The van der Waals surface area contributed by atoms with E-state index < -0.39 is 5.97 Å². The molecule has 0 bridgehead atoms. The molecule has 158 valence electrons. The summed E-state index contributed by atoms with van der Waals surface area (Å²) in [6.45, 7) is 0. The molecule has 5 heteroatoms. The first-order valence-electron chi connectivity index (χ1n) is 10.6. The number of benzene rings is 3. The zero-order valence-electron chi connectivity index (χ0n) is 17.2. The van der Waals surface area contributed by atoms with Gasteiger partial charge in [0.05, 0.1) is 6.04 Å². The lowest BCUT2D eigenvalue weighted by atomic mass is 9.87. The van der Waals surface area contributed by atoms with E-state index in [0.29, 0.717) is 22.6 Å². The van der Waals surface area contributed by atoms with Gasteiger partial charge in [-0.05, 0) is 66.6 Å². The molecule has 1 aliphatic carbocycles. The first-order chi connectivity index (χ1) is 15.1. The predicted octanol–water partition coefficient (Wildman–Crippen LogP) is 5.30. The van der Waals surface area contributed by atoms with Crippen LogP contribution in [0.25, 0.3) is 0 Å². The summed E-state index contributed by atoms with van der Waals surface area (Å²) in [4.78, 5) is 24.4. The number of rotatable bonds is 7. The number of hydrogen-bond acceptors (Lipinski definition) is 3. The Kier molecular flexibility index (Phi) is 6.32. The predicted molar refractivity (Wildman–Crippen MR) is 119 cm³/mol. The molecule has 0 fully saturated rings. The van der Waals surface area contributed by atoms with Crippen molar-refractivity contribution in [3.8, 4) is 11.5 Å². The van der Waals surface area contributed by atoms with E-state index in [4.69, 9.17) is 9.84 Å². The van der Waals surface area contributed by atoms with Crippen molar-refractivity contribution in [2.75, 3.05) is 0 Å². The summed E-state index contributed by atoms with van der Waals surface area (Å²) in [6, 6.07) is 22.8. The molecule has 0 unspecified atom stereocenters. The van der Waals surface area contributed by atoms with Crippen molar-refractivity contribution in [1.82, 2.24) is 5.32 Å². The summed E-state index contributed by atoms with van der Waals surface area (Å²) in [7, 11) is 0. The van der Waals surface area contributed by atoms with Crippen LogP contribution in [0, 0.1) is 0 Å². The van der Waals surface area contributed by atoms with E-state index in [2.05, 4.69) is 17.4 Å². The van der Waals surface area contributed by atoms with Crippen molar-refractivity contribution < 1.29 is 19.4 Å². The van der Waals surface area contributed by atoms with Gasteiger partial charge in [-0.2, -0.15) is 0 Å². The average molecular weight is 415 g/mol. The second kappa shape index (κ2) is 9.47. The van der Waals surface area contributed by atoms with Crippen molar-refractivity contribution in [2.24, 2.45) is 0 Å². The molecule has 31 heavy (non-hydrogen) atoms. The zero-order chi connectivity index (χ0) is 21.6. The Bertz CT molecular complexity index is 1080. The molecule has 0 radical (unpaired) electrons. The van der Waals surface area contributed by atoms with Gasteiger partial charge in [-0.3, -0.25) is 9.59 Å². The highest BCUT2D eigenvalue weighted by molar-refractivity contribution is 5.96. The lowest BCUT2D eigenvalue weighted by Gasteiger charge is -2.26. The number of carboxylic acid groups (broad SMARTS) is 1. The van der Waals surface area contributed by atoms with Gasteiger partial charge in [0.1, 0.15) is 11.5 Å². The van der Waals surface area contributed by atoms with Gasteiger partial charge in [0.2, 0.25) is 0 Å². The van der Waals surface area contributed by atoms with E-state index in [1.165, 1.54) is 5.56 Å². The Balaban J connectivity index is 1.60. The van der Waals surface area contributed by atoms with Gasteiger partial charge in [0.25, 0.3) is 5.91 Å². The van der Waals surface area contributed by atoms with Crippen molar-refractivity contribution in [3.63, 3.8) is 0 Å². The van der Waals surface area contributed by atoms with E-state index in [1.54, 1.807) is 18.2 Å². The Hall–Kier alpha value is -3.60. The van der Waals surface area contributed by atoms with Crippen molar-refractivity contribution in [2.45, 2.75) is 38.1 Å². The summed E-state index contributed by atoms with van der Waals surface area (Å²) in [5.41, 5.74) is 3.58. The molecule has 5 nitrogen and oxygen atoms in total. The van der Waals surface area contributed by atoms with Crippen LogP contribution < -0.4 is 10.1 Å². The summed E-state index contributed by atoms with van der Waals surface area (Å²) >= 11 is 0. The molecular formula is C26H25NO4. The maximum absolute atomic E-state index is 13.3. The highest BCUT2D eigenvalue weighted by atomic mass is 16.5. The van der Waals surface area contributed by atoms with Gasteiger partial charge in [-0.25, -0.2) is 0 Å². The number of carbonyl (C=O) groups excluding carboxylic acids is 1. The molecule has 1 amide bonds. The number of para-hydroxylation sites is 1. The van der Waals surface area contributed by atoms with Crippen LogP contribution in [0.1, 0.15) is 52.4 Å². The molecule has 0 heterocycles. The molecule has 0 spiro atoms. The van der Waals surface area contributed by atoms with Crippen LogP contribution >= 0.6 is 0 Å². The second-order valence-electron chi connectivity index (χ2n) is 7.74. The topological polar surface area (TPSA) is 75.6 Å². The SMILES string of the molecule is O=C(O)CCc1ccc(Oc2ccccc2)cc1C(=O)N[C@@H]1CCCc2ccccc21. The molecule has 1 atom stereocenters. The van der Waals surface area contributed by atoms with Crippen LogP contribution in [0.4, 0.5) is 0 Å². The quantitative estimate of drug-likeness (QED) is 0.549. The monoisotopic (exact) mass is 415 g/mol. The maximum atomic E-state index is 13.3. The fourth-order valence-electron chi connectivity index (χ4n) is 4.05. The third kappa shape index (κ3) is 5.12. The van der Waals surface area contributed by atoms with Gasteiger partial charge in [-0.1, -0.05) is 48.5 Å². The summed E-state index contributed by atoms with van der Waals surface area (Å²) in [5.74, 6) is 0.116. The smallest absolute Gasteiger partial charge is 0.303 e. The number of fused-ring (bicyclic) bond motifs is 1. The average Bonchev–Trinajstić information content (AvgIpc) is 2.79. The van der Waals surface area contributed by atoms with Gasteiger partial charge >= 0.3 is 5.97 Å². The molecule has 0 saturated heterocycles. The van der Waals surface area contributed by atoms with Crippen molar-refractivity contribution >= 4 is 11.9 Å². The van der Waals surface area contributed by atoms with E-state index >= 15 is 0 Å². The Labute approximate surface area is 181 Å². The Morgan fingerprint density at radius 1 is 0.968 bits per heavy atom. The molecular weight excluding hydrogens is 390 g/mol. The minimum Gasteiger partial charge on any atom is -0.481 e. The number of amides is 1. The molecule has 3 aromatic rings. The van der Waals surface area contributed by atoms with Gasteiger partial charge in [0, 0.05) is 12.0 Å². The first-order valence-corrected chi connectivity index (χ1v) is 10.6. The number of carboxylic acids is 1. The third-order valence-electron chi connectivity index (χ3n) is 5.59. The number of hydrogen-bond donors (Lipinski definition) is 2.